The molecule has 0 nitrogen and oxygen atoms in total. The lowest BCUT2D eigenvalue weighted by Crippen LogP contribution is -2.13. The van der Waals surface area contributed by atoms with E-state index in [9.17, 15) is 0 Å². The standard InChI is InChI=1S/C16H15Cl/c1-15(13-8-4-2-5-9-13)12-16(15,17)14-10-6-3-7-11-14/h2-11H,12H2,1H3/t15-,16-/m0/s1. The Hall–Kier alpha value is -1.27. The molecule has 0 heterocycles. The number of benzene rings is 2. The molecule has 0 N–H and O–H groups in total. The Kier molecular flexibility index (Phi) is 2.31. The Bertz CT molecular complexity index is 470. The molecule has 0 aliphatic heterocycles. The number of rotatable bonds is 2. The number of hydrogen-bond donors (Lipinski definition) is 0. The summed E-state index contributed by atoms with van der Waals surface area (Å²) in [6, 6.07) is 21.0. The van der Waals surface area contributed by atoms with E-state index in [0.29, 0.717) is 0 Å². The third kappa shape index (κ3) is 1.51. The molecular weight excluding hydrogens is 228 g/mol. The van der Waals surface area contributed by atoms with Gasteiger partial charge in [-0.25, -0.2) is 0 Å². The maximum atomic E-state index is 6.81. The Morgan fingerprint density at radius 2 is 1.29 bits per heavy atom. The first-order chi connectivity index (χ1) is 8.17. The maximum absolute atomic E-state index is 6.81. The number of halogens is 1. The van der Waals surface area contributed by atoms with Gasteiger partial charge in [-0.05, 0) is 17.5 Å². The average molecular weight is 243 g/mol. The van der Waals surface area contributed by atoms with Crippen molar-refractivity contribution in [3.8, 4) is 0 Å². The number of hydrogen-bond acceptors (Lipinski definition) is 0. The van der Waals surface area contributed by atoms with Crippen LogP contribution in [0, 0.1) is 0 Å². The van der Waals surface area contributed by atoms with Crippen molar-refractivity contribution < 1.29 is 0 Å². The molecule has 1 fully saturated rings. The van der Waals surface area contributed by atoms with Crippen molar-refractivity contribution in [1.29, 1.82) is 0 Å². The van der Waals surface area contributed by atoms with Crippen molar-refractivity contribution in [1.82, 2.24) is 0 Å². The third-order valence-electron chi connectivity index (χ3n) is 3.99. The second-order valence-corrected chi connectivity index (χ2v) is 5.69. The van der Waals surface area contributed by atoms with Gasteiger partial charge in [-0.2, -0.15) is 0 Å². The zero-order valence-electron chi connectivity index (χ0n) is 9.86. The van der Waals surface area contributed by atoms with Crippen LogP contribution < -0.4 is 0 Å². The van der Waals surface area contributed by atoms with Crippen LogP contribution in [0.2, 0.25) is 0 Å². The summed E-state index contributed by atoms with van der Waals surface area (Å²) in [6.07, 6.45) is 1.01. The lowest BCUT2D eigenvalue weighted by Gasteiger charge is -2.17. The van der Waals surface area contributed by atoms with Crippen molar-refractivity contribution in [2.24, 2.45) is 0 Å². The van der Waals surface area contributed by atoms with Crippen LogP contribution in [0.15, 0.2) is 60.7 Å². The van der Waals surface area contributed by atoms with Gasteiger partial charge in [0.05, 0.1) is 4.87 Å². The molecule has 2 aromatic rings. The molecule has 0 saturated heterocycles. The fraction of sp³-hybridized carbons (Fsp3) is 0.250. The summed E-state index contributed by atoms with van der Waals surface area (Å²) in [5.41, 5.74) is 2.63. The fourth-order valence-electron chi connectivity index (χ4n) is 2.70. The van der Waals surface area contributed by atoms with Gasteiger partial charge in [0.2, 0.25) is 0 Å². The van der Waals surface area contributed by atoms with E-state index in [1.165, 1.54) is 11.1 Å². The van der Waals surface area contributed by atoms with E-state index in [-0.39, 0.29) is 10.3 Å². The second-order valence-electron chi connectivity index (χ2n) is 5.04. The quantitative estimate of drug-likeness (QED) is 0.681. The van der Waals surface area contributed by atoms with Gasteiger partial charge in [-0.15, -0.1) is 11.6 Å². The minimum Gasteiger partial charge on any atom is -0.113 e. The Morgan fingerprint density at radius 3 is 1.82 bits per heavy atom. The van der Waals surface area contributed by atoms with E-state index in [1.54, 1.807) is 0 Å². The second kappa shape index (κ2) is 3.61. The van der Waals surface area contributed by atoms with Crippen LogP contribution >= 0.6 is 11.6 Å². The van der Waals surface area contributed by atoms with Gasteiger partial charge in [0.1, 0.15) is 0 Å². The van der Waals surface area contributed by atoms with Gasteiger partial charge < -0.3 is 0 Å². The van der Waals surface area contributed by atoms with E-state index in [2.05, 4.69) is 55.5 Å². The van der Waals surface area contributed by atoms with Crippen LogP contribution in [0.4, 0.5) is 0 Å². The summed E-state index contributed by atoms with van der Waals surface area (Å²) in [7, 11) is 0. The average Bonchev–Trinajstić information content (AvgIpc) is 2.97. The summed E-state index contributed by atoms with van der Waals surface area (Å²) in [6.45, 7) is 2.25. The predicted molar refractivity (Wildman–Crippen MR) is 72.4 cm³/mol. The minimum atomic E-state index is -0.227. The SMILES string of the molecule is C[C@@]1(c2ccccc2)C[C@]1(Cl)c1ccccc1. The molecule has 0 bridgehead atoms. The Morgan fingerprint density at radius 1 is 0.824 bits per heavy atom. The van der Waals surface area contributed by atoms with Crippen molar-refractivity contribution in [3.63, 3.8) is 0 Å². The van der Waals surface area contributed by atoms with Gasteiger partial charge in [0.25, 0.3) is 0 Å². The first-order valence-corrected chi connectivity index (χ1v) is 6.35. The van der Waals surface area contributed by atoms with Crippen LogP contribution in [0.5, 0.6) is 0 Å². The molecule has 1 aliphatic rings. The first kappa shape index (κ1) is 10.9. The van der Waals surface area contributed by atoms with Crippen LogP contribution in [-0.4, -0.2) is 0 Å². The van der Waals surface area contributed by atoms with Crippen molar-refractivity contribution in [2.45, 2.75) is 23.6 Å². The van der Waals surface area contributed by atoms with Gasteiger partial charge in [0.15, 0.2) is 0 Å². The van der Waals surface area contributed by atoms with E-state index in [0.717, 1.165) is 6.42 Å². The molecule has 0 aromatic heterocycles. The van der Waals surface area contributed by atoms with Gasteiger partial charge >= 0.3 is 0 Å². The third-order valence-corrected chi connectivity index (χ3v) is 4.76. The monoisotopic (exact) mass is 242 g/mol. The van der Waals surface area contributed by atoms with E-state index >= 15 is 0 Å². The largest absolute Gasteiger partial charge is 0.113 e. The lowest BCUT2D eigenvalue weighted by atomic mass is 9.92. The summed E-state index contributed by atoms with van der Waals surface area (Å²) >= 11 is 6.81. The van der Waals surface area contributed by atoms with Gasteiger partial charge in [0, 0.05) is 5.41 Å². The summed E-state index contributed by atoms with van der Waals surface area (Å²) in [4.78, 5) is -0.227. The highest BCUT2D eigenvalue weighted by Gasteiger charge is 2.65. The molecule has 0 unspecified atom stereocenters. The van der Waals surface area contributed by atoms with Crippen molar-refractivity contribution in [2.75, 3.05) is 0 Å². The van der Waals surface area contributed by atoms with Crippen LogP contribution in [0.3, 0.4) is 0 Å². The summed E-state index contributed by atoms with van der Waals surface area (Å²) in [5.74, 6) is 0. The van der Waals surface area contributed by atoms with E-state index < -0.39 is 0 Å². The highest BCUT2D eigenvalue weighted by Crippen LogP contribution is 2.67. The highest BCUT2D eigenvalue weighted by atomic mass is 35.5. The van der Waals surface area contributed by atoms with Crippen LogP contribution in [0.1, 0.15) is 24.5 Å². The minimum absolute atomic E-state index is 0.0666. The van der Waals surface area contributed by atoms with Crippen molar-refractivity contribution in [3.05, 3.63) is 71.8 Å². The molecule has 86 valence electrons. The zero-order chi connectivity index (χ0) is 11.9. The van der Waals surface area contributed by atoms with E-state index in [1.807, 2.05) is 12.1 Å². The van der Waals surface area contributed by atoms with Crippen molar-refractivity contribution >= 4 is 11.6 Å². The van der Waals surface area contributed by atoms with E-state index in [4.69, 9.17) is 11.6 Å². The van der Waals surface area contributed by atoms with Gasteiger partial charge in [-0.1, -0.05) is 67.6 Å². The molecule has 0 spiro atoms. The molecule has 2 aromatic carbocycles. The highest BCUT2D eigenvalue weighted by molar-refractivity contribution is 6.27. The summed E-state index contributed by atoms with van der Waals surface area (Å²) in [5, 5.41) is 0. The fourth-order valence-corrected chi connectivity index (χ4v) is 3.21. The molecule has 3 rings (SSSR count). The topological polar surface area (TPSA) is 0 Å². The Labute approximate surface area is 107 Å². The molecule has 1 aliphatic carbocycles. The molecule has 17 heavy (non-hydrogen) atoms. The van der Waals surface area contributed by atoms with Crippen LogP contribution in [0.25, 0.3) is 0 Å². The molecular formula is C16H15Cl. The normalized spacial score (nSPS) is 31.2. The maximum Gasteiger partial charge on any atom is 0.0798 e. The number of alkyl halides is 1. The van der Waals surface area contributed by atoms with Gasteiger partial charge in [-0.3, -0.25) is 0 Å². The molecule has 2 atom stereocenters. The smallest absolute Gasteiger partial charge is 0.0798 e. The predicted octanol–water partition coefficient (Wildman–Crippen LogP) is 4.48. The molecule has 1 heteroatoms. The van der Waals surface area contributed by atoms with Crippen LogP contribution in [-0.2, 0) is 10.3 Å². The molecule has 1 saturated carbocycles. The Balaban J connectivity index is 2.00. The molecule has 0 radical (unpaired) electrons. The lowest BCUT2D eigenvalue weighted by molar-refractivity contribution is 0.714. The zero-order valence-corrected chi connectivity index (χ0v) is 10.6. The molecule has 0 amide bonds. The first-order valence-electron chi connectivity index (χ1n) is 5.97. The summed E-state index contributed by atoms with van der Waals surface area (Å²) < 4.78 is 0.